The number of nitrogens with one attached hydrogen (secondary N) is 2. The number of nitrogens with zero attached hydrogens (tertiary/aromatic N) is 2. The molecular weight excluding hydrogens is 428 g/mol. The van der Waals surface area contributed by atoms with Crippen LogP contribution in [-0.4, -0.2) is 60.6 Å². The number of piperidine rings is 2. The molecule has 2 aliphatic rings. The third-order valence-electron chi connectivity index (χ3n) is 6.21. The summed E-state index contributed by atoms with van der Waals surface area (Å²) in [6.07, 6.45) is 5.67. The zero-order chi connectivity index (χ0) is 22.7. The molecule has 0 unspecified atom stereocenters. The standard InChI is InChI=1S/C23H30N4O4S/c1-17-7-5-9-19(13-17)25-22(28)18-8-6-12-27(16-18)32(30,31)20-14-21(24-15-20)23(29)26-10-3-2-4-11-26/h5,7,9,13-15,18,24H,2-4,6,8,10-12,16H2,1H3,(H,25,28)/t18-/m0/s1. The van der Waals surface area contributed by atoms with E-state index >= 15 is 0 Å². The van der Waals surface area contributed by atoms with Gasteiger partial charge in [0.25, 0.3) is 5.91 Å². The SMILES string of the molecule is Cc1cccc(NC(=O)[C@H]2CCCN(S(=O)(=O)c3c[nH]c(C(=O)N4CCCCC4)c3)C2)c1. The topological polar surface area (TPSA) is 103 Å². The number of H-pyrrole nitrogens is 1. The van der Waals surface area contributed by atoms with Gasteiger partial charge in [0.1, 0.15) is 10.6 Å². The molecule has 172 valence electrons. The van der Waals surface area contributed by atoms with Crippen LogP contribution in [0.15, 0.2) is 41.4 Å². The van der Waals surface area contributed by atoms with Gasteiger partial charge in [-0.2, -0.15) is 4.31 Å². The number of rotatable bonds is 5. The normalized spacial score (nSPS) is 20.2. The summed E-state index contributed by atoms with van der Waals surface area (Å²) >= 11 is 0. The van der Waals surface area contributed by atoms with Crippen molar-refractivity contribution in [1.82, 2.24) is 14.2 Å². The second-order valence-electron chi connectivity index (χ2n) is 8.66. The van der Waals surface area contributed by atoms with E-state index in [-0.39, 0.29) is 28.9 Å². The van der Waals surface area contributed by atoms with E-state index in [4.69, 9.17) is 0 Å². The van der Waals surface area contributed by atoms with Crippen LogP contribution in [0, 0.1) is 12.8 Å². The number of hydrogen-bond acceptors (Lipinski definition) is 4. The average Bonchev–Trinajstić information content (AvgIpc) is 3.30. The minimum absolute atomic E-state index is 0.0672. The number of carbonyl (C=O) groups is 2. The van der Waals surface area contributed by atoms with Crippen LogP contribution < -0.4 is 5.32 Å². The molecule has 0 spiro atoms. The van der Waals surface area contributed by atoms with Crippen LogP contribution in [-0.2, 0) is 14.8 Å². The Balaban J connectivity index is 1.44. The third kappa shape index (κ3) is 4.88. The average molecular weight is 459 g/mol. The van der Waals surface area contributed by atoms with Crippen molar-refractivity contribution >= 4 is 27.5 Å². The first kappa shape index (κ1) is 22.5. The fraction of sp³-hybridized carbons (Fsp3) is 0.478. The van der Waals surface area contributed by atoms with Gasteiger partial charge in [-0.1, -0.05) is 12.1 Å². The third-order valence-corrected chi connectivity index (χ3v) is 8.05. The van der Waals surface area contributed by atoms with Gasteiger partial charge in [0.15, 0.2) is 0 Å². The van der Waals surface area contributed by atoms with Gasteiger partial charge in [0.05, 0.1) is 5.92 Å². The molecule has 1 aromatic carbocycles. The summed E-state index contributed by atoms with van der Waals surface area (Å²) in [7, 11) is -3.80. The van der Waals surface area contributed by atoms with E-state index in [2.05, 4.69) is 10.3 Å². The summed E-state index contributed by atoms with van der Waals surface area (Å²) in [5.41, 5.74) is 2.04. The number of carbonyl (C=O) groups excluding carboxylic acids is 2. The van der Waals surface area contributed by atoms with Crippen molar-refractivity contribution in [2.24, 2.45) is 5.92 Å². The van der Waals surface area contributed by atoms with E-state index < -0.39 is 15.9 Å². The smallest absolute Gasteiger partial charge is 0.270 e. The van der Waals surface area contributed by atoms with Crippen LogP contribution in [0.5, 0.6) is 0 Å². The Labute approximate surface area is 189 Å². The van der Waals surface area contributed by atoms with Crippen LogP contribution in [0.2, 0.25) is 0 Å². The minimum atomic E-state index is -3.80. The van der Waals surface area contributed by atoms with Crippen LogP contribution in [0.25, 0.3) is 0 Å². The number of sulfonamides is 1. The van der Waals surface area contributed by atoms with Crippen LogP contribution >= 0.6 is 0 Å². The minimum Gasteiger partial charge on any atom is -0.356 e. The van der Waals surface area contributed by atoms with E-state index in [1.54, 1.807) is 4.90 Å². The molecule has 4 rings (SSSR count). The van der Waals surface area contributed by atoms with Crippen LogP contribution in [0.1, 0.15) is 48.2 Å². The number of amides is 2. The molecular formula is C23H30N4O4S. The number of aromatic amines is 1. The van der Waals surface area contributed by atoms with Gasteiger partial charge in [0, 0.05) is 38.1 Å². The van der Waals surface area contributed by atoms with Crippen molar-refractivity contribution in [3.8, 4) is 0 Å². The van der Waals surface area contributed by atoms with Crippen molar-refractivity contribution in [1.29, 1.82) is 0 Å². The lowest BCUT2D eigenvalue weighted by Crippen LogP contribution is -2.43. The molecule has 8 nitrogen and oxygen atoms in total. The summed E-state index contributed by atoms with van der Waals surface area (Å²) in [4.78, 5) is 30.1. The van der Waals surface area contributed by atoms with Crippen molar-refractivity contribution in [3.05, 3.63) is 47.8 Å². The van der Waals surface area contributed by atoms with Gasteiger partial charge in [-0.05, 0) is 62.8 Å². The van der Waals surface area contributed by atoms with Crippen molar-refractivity contribution in [2.45, 2.75) is 43.9 Å². The highest BCUT2D eigenvalue weighted by Gasteiger charge is 2.34. The molecule has 1 aromatic heterocycles. The Hall–Kier alpha value is -2.65. The van der Waals surface area contributed by atoms with E-state index in [1.165, 1.54) is 16.6 Å². The maximum absolute atomic E-state index is 13.2. The summed E-state index contributed by atoms with van der Waals surface area (Å²) in [5.74, 6) is -0.766. The molecule has 0 aliphatic carbocycles. The molecule has 9 heteroatoms. The van der Waals surface area contributed by atoms with Gasteiger partial charge in [-0.15, -0.1) is 0 Å². The molecule has 1 atom stereocenters. The Morgan fingerprint density at radius 1 is 1.06 bits per heavy atom. The number of likely N-dealkylation sites (tertiary alicyclic amines) is 1. The van der Waals surface area contributed by atoms with Crippen molar-refractivity contribution < 1.29 is 18.0 Å². The number of aromatic nitrogens is 1. The summed E-state index contributed by atoms with van der Waals surface area (Å²) in [6.45, 7) is 3.83. The summed E-state index contributed by atoms with van der Waals surface area (Å²) in [5, 5.41) is 2.90. The number of aryl methyl sites for hydroxylation is 1. The maximum atomic E-state index is 13.2. The van der Waals surface area contributed by atoms with E-state index in [0.29, 0.717) is 38.2 Å². The first-order chi connectivity index (χ1) is 15.3. The maximum Gasteiger partial charge on any atom is 0.270 e. The molecule has 2 N–H and O–H groups in total. The predicted molar refractivity (Wildman–Crippen MR) is 122 cm³/mol. The fourth-order valence-corrected chi connectivity index (χ4v) is 5.92. The lowest BCUT2D eigenvalue weighted by Gasteiger charge is -2.31. The van der Waals surface area contributed by atoms with Gasteiger partial charge in [-0.25, -0.2) is 8.42 Å². The molecule has 32 heavy (non-hydrogen) atoms. The Morgan fingerprint density at radius 3 is 2.59 bits per heavy atom. The van der Waals surface area contributed by atoms with Gasteiger partial charge >= 0.3 is 0 Å². The van der Waals surface area contributed by atoms with Crippen molar-refractivity contribution in [2.75, 3.05) is 31.5 Å². The van der Waals surface area contributed by atoms with Gasteiger partial charge < -0.3 is 15.2 Å². The van der Waals surface area contributed by atoms with Gasteiger partial charge in [-0.3, -0.25) is 9.59 Å². The number of benzene rings is 1. The lowest BCUT2D eigenvalue weighted by atomic mass is 9.98. The molecule has 0 radical (unpaired) electrons. The van der Waals surface area contributed by atoms with Gasteiger partial charge in [0.2, 0.25) is 15.9 Å². The molecule has 3 heterocycles. The highest BCUT2D eigenvalue weighted by atomic mass is 32.2. The first-order valence-corrected chi connectivity index (χ1v) is 12.6. The summed E-state index contributed by atoms with van der Waals surface area (Å²) in [6, 6.07) is 8.95. The highest BCUT2D eigenvalue weighted by Crippen LogP contribution is 2.26. The van der Waals surface area contributed by atoms with E-state index in [1.807, 2.05) is 31.2 Å². The first-order valence-electron chi connectivity index (χ1n) is 11.2. The summed E-state index contributed by atoms with van der Waals surface area (Å²) < 4.78 is 27.8. The van der Waals surface area contributed by atoms with Crippen molar-refractivity contribution in [3.63, 3.8) is 0 Å². The molecule has 2 fully saturated rings. The lowest BCUT2D eigenvalue weighted by molar-refractivity contribution is -0.120. The van der Waals surface area contributed by atoms with Crippen LogP contribution in [0.4, 0.5) is 5.69 Å². The Morgan fingerprint density at radius 2 is 1.84 bits per heavy atom. The van der Waals surface area contributed by atoms with E-state index in [9.17, 15) is 18.0 Å². The monoisotopic (exact) mass is 458 g/mol. The fourth-order valence-electron chi connectivity index (χ4n) is 4.41. The largest absolute Gasteiger partial charge is 0.356 e. The molecule has 2 aromatic rings. The highest BCUT2D eigenvalue weighted by molar-refractivity contribution is 7.89. The van der Waals surface area contributed by atoms with E-state index in [0.717, 1.165) is 24.8 Å². The predicted octanol–water partition coefficient (Wildman–Crippen LogP) is 2.99. The molecule has 2 aliphatic heterocycles. The number of hydrogen-bond donors (Lipinski definition) is 2. The zero-order valence-corrected chi connectivity index (χ0v) is 19.2. The Bertz CT molecular complexity index is 1090. The molecule has 2 amide bonds. The molecule has 0 bridgehead atoms. The molecule has 2 saturated heterocycles. The Kier molecular flexibility index (Phi) is 6.66. The second kappa shape index (κ2) is 9.46. The second-order valence-corrected chi connectivity index (χ2v) is 10.6. The van der Waals surface area contributed by atoms with Crippen LogP contribution in [0.3, 0.4) is 0 Å². The quantitative estimate of drug-likeness (QED) is 0.719. The number of anilines is 1. The zero-order valence-electron chi connectivity index (χ0n) is 18.3. The molecule has 0 saturated carbocycles.